The zero-order valence-corrected chi connectivity index (χ0v) is 8.64. The van der Waals surface area contributed by atoms with Crippen molar-refractivity contribution in [3.8, 4) is 0 Å². The lowest BCUT2D eigenvalue weighted by atomic mass is 10.3. The van der Waals surface area contributed by atoms with Gasteiger partial charge in [-0.15, -0.1) is 0 Å². The minimum absolute atomic E-state index is 0.166. The number of aromatic nitrogens is 2. The molecule has 0 radical (unpaired) electrons. The SMILES string of the molecule is Cn1ncc(S(=O)(=O)Cl)c1C1CC1. The second-order valence-electron chi connectivity index (χ2n) is 3.23. The van der Waals surface area contributed by atoms with E-state index in [-0.39, 0.29) is 4.90 Å². The van der Waals surface area contributed by atoms with Crippen LogP contribution in [0, 0.1) is 0 Å². The molecule has 0 unspecified atom stereocenters. The average Bonchev–Trinajstić information content (AvgIpc) is 2.73. The minimum atomic E-state index is -3.63. The largest absolute Gasteiger partial charge is 0.271 e. The van der Waals surface area contributed by atoms with E-state index in [9.17, 15) is 8.42 Å². The summed E-state index contributed by atoms with van der Waals surface area (Å²) < 4.78 is 23.8. The maximum Gasteiger partial charge on any atom is 0.264 e. The van der Waals surface area contributed by atoms with Gasteiger partial charge in [0.25, 0.3) is 9.05 Å². The van der Waals surface area contributed by atoms with E-state index in [1.807, 2.05) is 0 Å². The van der Waals surface area contributed by atoms with Gasteiger partial charge in [-0.3, -0.25) is 4.68 Å². The zero-order chi connectivity index (χ0) is 9.64. The normalized spacial score (nSPS) is 17.7. The third-order valence-corrected chi connectivity index (χ3v) is 3.51. The van der Waals surface area contributed by atoms with E-state index in [0.29, 0.717) is 5.92 Å². The Kier molecular flexibility index (Phi) is 1.89. The molecule has 0 amide bonds. The van der Waals surface area contributed by atoms with Crippen LogP contribution < -0.4 is 0 Å². The Morgan fingerprint density at radius 2 is 2.23 bits per heavy atom. The highest BCUT2D eigenvalue weighted by atomic mass is 35.7. The van der Waals surface area contributed by atoms with Crippen molar-refractivity contribution in [1.29, 1.82) is 0 Å². The van der Waals surface area contributed by atoms with Crippen LogP contribution in [0.1, 0.15) is 24.5 Å². The first-order valence-corrected chi connectivity index (χ1v) is 6.27. The first-order chi connectivity index (χ1) is 6.00. The Hall–Kier alpha value is -0.550. The maximum absolute atomic E-state index is 11.1. The molecule has 72 valence electrons. The smallest absolute Gasteiger partial charge is 0.264 e. The Balaban J connectivity index is 2.58. The van der Waals surface area contributed by atoms with Gasteiger partial charge in [0.15, 0.2) is 0 Å². The van der Waals surface area contributed by atoms with Crippen LogP contribution in [-0.2, 0) is 16.1 Å². The highest BCUT2D eigenvalue weighted by Crippen LogP contribution is 2.43. The Morgan fingerprint density at radius 3 is 2.69 bits per heavy atom. The molecule has 2 rings (SSSR count). The van der Waals surface area contributed by atoms with Crippen molar-refractivity contribution >= 4 is 19.7 Å². The molecule has 0 aromatic carbocycles. The van der Waals surface area contributed by atoms with Crippen LogP contribution in [0.2, 0.25) is 0 Å². The average molecular weight is 221 g/mol. The molecule has 0 atom stereocenters. The summed E-state index contributed by atoms with van der Waals surface area (Å²) in [5.74, 6) is 0.330. The summed E-state index contributed by atoms with van der Waals surface area (Å²) >= 11 is 0. The van der Waals surface area contributed by atoms with Gasteiger partial charge in [0.1, 0.15) is 4.90 Å². The molecule has 1 aromatic rings. The Morgan fingerprint density at radius 1 is 1.62 bits per heavy atom. The lowest BCUT2D eigenvalue weighted by Crippen LogP contribution is -2.00. The second-order valence-corrected chi connectivity index (χ2v) is 5.76. The highest BCUT2D eigenvalue weighted by Gasteiger charge is 2.33. The van der Waals surface area contributed by atoms with E-state index in [4.69, 9.17) is 10.7 Å². The molecule has 1 aliphatic rings. The molecule has 0 aliphatic heterocycles. The van der Waals surface area contributed by atoms with Gasteiger partial charge in [0, 0.05) is 23.6 Å². The van der Waals surface area contributed by atoms with E-state index in [2.05, 4.69) is 5.10 Å². The van der Waals surface area contributed by atoms with Gasteiger partial charge in [-0.05, 0) is 12.8 Å². The molecular weight excluding hydrogens is 212 g/mol. The molecule has 0 N–H and O–H groups in total. The van der Waals surface area contributed by atoms with Gasteiger partial charge in [-0.1, -0.05) is 0 Å². The molecule has 1 heterocycles. The van der Waals surface area contributed by atoms with Crippen LogP contribution in [0.5, 0.6) is 0 Å². The maximum atomic E-state index is 11.1. The standard InChI is InChI=1S/C7H9ClN2O2S/c1-10-7(5-2-3-5)6(4-9-10)13(8,11)12/h4-5H,2-3H2,1H3. The minimum Gasteiger partial charge on any atom is -0.271 e. The van der Waals surface area contributed by atoms with E-state index in [1.54, 1.807) is 11.7 Å². The van der Waals surface area contributed by atoms with Gasteiger partial charge >= 0.3 is 0 Å². The quantitative estimate of drug-likeness (QED) is 0.705. The lowest BCUT2D eigenvalue weighted by Gasteiger charge is -2.00. The third kappa shape index (κ3) is 1.58. The summed E-state index contributed by atoms with van der Waals surface area (Å²) in [5.41, 5.74) is 0.745. The number of rotatable bonds is 2. The van der Waals surface area contributed by atoms with Crippen LogP contribution in [0.3, 0.4) is 0 Å². The third-order valence-electron chi connectivity index (χ3n) is 2.18. The first kappa shape index (κ1) is 9.02. The van der Waals surface area contributed by atoms with Crippen molar-refractivity contribution in [2.24, 2.45) is 7.05 Å². The van der Waals surface area contributed by atoms with Crippen LogP contribution >= 0.6 is 10.7 Å². The van der Waals surface area contributed by atoms with Crippen LogP contribution in [0.25, 0.3) is 0 Å². The monoisotopic (exact) mass is 220 g/mol. The zero-order valence-electron chi connectivity index (χ0n) is 7.07. The molecule has 4 nitrogen and oxygen atoms in total. The van der Waals surface area contributed by atoms with Crippen molar-refractivity contribution in [3.63, 3.8) is 0 Å². The fraction of sp³-hybridized carbons (Fsp3) is 0.571. The highest BCUT2D eigenvalue weighted by molar-refractivity contribution is 8.13. The number of halogens is 1. The van der Waals surface area contributed by atoms with E-state index in [0.717, 1.165) is 18.5 Å². The fourth-order valence-corrected chi connectivity index (χ4v) is 2.52. The molecular formula is C7H9ClN2O2S. The number of hydrogen-bond donors (Lipinski definition) is 0. The number of hydrogen-bond acceptors (Lipinski definition) is 3. The topological polar surface area (TPSA) is 52.0 Å². The van der Waals surface area contributed by atoms with Gasteiger partial charge in [-0.25, -0.2) is 8.42 Å². The summed E-state index contributed by atoms with van der Waals surface area (Å²) in [7, 11) is 3.37. The molecule has 0 spiro atoms. The molecule has 1 aliphatic carbocycles. The fourth-order valence-electron chi connectivity index (χ4n) is 1.44. The van der Waals surface area contributed by atoms with Gasteiger partial charge in [0.05, 0.1) is 11.9 Å². The predicted octanol–water partition coefficient (Wildman–Crippen LogP) is 1.23. The predicted molar refractivity (Wildman–Crippen MR) is 48.2 cm³/mol. The summed E-state index contributed by atoms with van der Waals surface area (Å²) in [6.45, 7) is 0. The van der Waals surface area contributed by atoms with Crippen LogP contribution in [-0.4, -0.2) is 18.2 Å². The molecule has 6 heteroatoms. The summed E-state index contributed by atoms with van der Waals surface area (Å²) in [5, 5.41) is 3.90. The Bertz CT molecular complexity index is 433. The first-order valence-electron chi connectivity index (χ1n) is 3.96. The molecule has 1 fully saturated rings. The molecule has 1 aromatic heterocycles. The lowest BCUT2D eigenvalue weighted by molar-refractivity contribution is 0.607. The summed E-state index contributed by atoms with van der Waals surface area (Å²) in [6, 6.07) is 0. The van der Waals surface area contributed by atoms with Crippen LogP contribution in [0.4, 0.5) is 0 Å². The van der Waals surface area contributed by atoms with Gasteiger partial charge in [-0.2, -0.15) is 5.10 Å². The van der Waals surface area contributed by atoms with Crippen molar-refractivity contribution in [2.75, 3.05) is 0 Å². The van der Waals surface area contributed by atoms with E-state index < -0.39 is 9.05 Å². The molecule has 0 bridgehead atoms. The number of aryl methyl sites for hydroxylation is 1. The van der Waals surface area contributed by atoms with Crippen molar-refractivity contribution in [1.82, 2.24) is 9.78 Å². The molecule has 13 heavy (non-hydrogen) atoms. The van der Waals surface area contributed by atoms with Crippen molar-refractivity contribution in [2.45, 2.75) is 23.7 Å². The molecule has 1 saturated carbocycles. The van der Waals surface area contributed by atoms with E-state index >= 15 is 0 Å². The van der Waals surface area contributed by atoms with Gasteiger partial charge in [0.2, 0.25) is 0 Å². The molecule has 0 saturated heterocycles. The Labute approximate surface area is 80.9 Å². The van der Waals surface area contributed by atoms with Crippen molar-refractivity contribution < 1.29 is 8.42 Å². The number of nitrogens with zero attached hydrogens (tertiary/aromatic N) is 2. The van der Waals surface area contributed by atoms with Gasteiger partial charge < -0.3 is 0 Å². The second kappa shape index (κ2) is 2.72. The summed E-state index contributed by atoms with van der Waals surface area (Å²) in [6.07, 6.45) is 3.37. The van der Waals surface area contributed by atoms with E-state index in [1.165, 1.54) is 6.20 Å². The van der Waals surface area contributed by atoms with Crippen LogP contribution in [0.15, 0.2) is 11.1 Å². The summed E-state index contributed by atoms with van der Waals surface area (Å²) in [4.78, 5) is 0.166. The van der Waals surface area contributed by atoms with Crippen molar-refractivity contribution in [3.05, 3.63) is 11.9 Å².